The van der Waals surface area contributed by atoms with E-state index in [1.807, 2.05) is 13.0 Å². The molecule has 0 aliphatic carbocycles. The first-order valence-corrected chi connectivity index (χ1v) is 9.17. The van der Waals surface area contributed by atoms with Crippen LogP contribution in [0, 0.1) is 17.0 Å². The molecule has 0 saturated carbocycles. The van der Waals surface area contributed by atoms with Gasteiger partial charge in [-0.25, -0.2) is 8.42 Å². The number of nitro benzene ring substituents is 1. The highest BCUT2D eigenvalue weighted by Gasteiger charge is 2.24. The number of rotatable bonds is 6. The van der Waals surface area contributed by atoms with Gasteiger partial charge in [-0.05, 0) is 36.2 Å². The lowest BCUT2D eigenvalue weighted by atomic mass is 10.1. The normalized spacial score (nSPS) is 13.0. The van der Waals surface area contributed by atoms with Gasteiger partial charge in [0.05, 0.1) is 9.82 Å². The van der Waals surface area contributed by atoms with Crippen LogP contribution in [0.3, 0.4) is 0 Å². The fraction of sp³-hybridized carbons (Fsp3) is 0.250. The zero-order valence-corrected chi connectivity index (χ0v) is 15.3. The van der Waals surface area contributed by atoms with Crippen molar-refractivity contribution in [2.24, 2.45) is 5.73 Å². The van der Waals surface area contributed by atoms with Gasteiger partial charge < -0.3 is 5.73 Å². The summed E-state index contributed by atoms with van der Waals surface area (Å²) >= 11 is 5.98. The summed E-state index contributed by atoms with van der Waals surface area (Å²) in [5.41, 5.74) is 7.57. The van der Waals surface area contributed by atoms with Gasteiger partial charge >= 0.3 is 0 Å². The zero-order valence-electron chi connectivity index (χ0n) is 13.7. The number of nitro groups is 1. The predicted octanol–water partition coefficient (Wildman–Crippen LogP) is 2.88. The number of benzene rings is 2. The number of nitrogens with zero attached hydrogens (tertiary/aromatic N) is 2. The van der Waals surface area contributed by atoms with Gasteiger partial charge in [-0.15, -0.1) is 0 Å². The van der Waals surface area contributed by atoms with Crippen LogP contribution in [0.4, 0.5) is 5.69 Å². The smallest absolute Gasteiger partial charge is 0.269 e. The van der Waals surface area contributed by atoms with Crippen molar-refractivity contribution >= 4 is 27.3 Å². The molecule has 9 heteroatoms. The van der Waals surface area contributed by atoms with Crippen molar-refractivity contribution in [1.29, 1.82) is 0 Å². The molecule has 25 heavy (non-hydrogen) atoms. The number of aryl methyl sites for hydroxylation is 1. The number of halogens is 1. The Morgan fingerprint density at radius 2 is 1.84 bits per heavy atom. The molecule has 2 N–H and O–H groups in total. The van der Waals surface area contributed by atoms with Crippen LogP contribution >= 0.6 is 11.6 Å². The number of likely N-dealkylation sites (N-methyl/N-ethyl adjacent to an activating group) is 1. The Labute approximate surface area is 151 Å². The van der Waals surface area contributed by atoms with E-state index in [4.69, 9.17) is 17.3 Å². The summed E-state index contributed by atoms with van der Waals surface area (Å²) in [6.07, 6.45) is 0. The molecule has 2 rings (SSSR count). The minimum Gasteiger partial charge on any atom is -0.323 e. The van der Waals surface area contributed by atoms with E-state index in [9.17, 15) is 18.5 Å². The molecule has 0 radical (unpaired) electrons. The van der Waals surface area contributed by atoms with Gasteiger partial charge in [-0.3, -0.25) is 10.1 Å². The van der Waals surface area contributed by atoms with Crippen molar-refractivity contribution in [3.8, 4) is 0 Å². The van der Waals surface area contributed by atoms with E-state index >= 15 is 0 Å². The van der Waals surface area contributed by atoms with Crippen LogP contribution in [-0.4, -0.2) is 31.2 Å². The lowest BCUT2D eigenvalue weighted by Crippen LogP contribution is -2.34. The van der Waals surface area contributed by atoms with Gasteiger partial charge in [0.15, 0.2) is 0 Å². The second-order valence-electron chi connectivity index (χ2n) is 5.65. The Hall–Kier alpha value is -2.00. The second-order valence-corrected chi connectivity index (χ2v) is 8.10. The molecule has 1 unspecified atom stereocenters. The topological polar surface area (TPSA) is 107 Å². The number of non-ortho nitro benzene ring substituents is 1. The molecule has 2 aromatic rings. The number of hydrogen-bond acceptors (Lipinski definition) is 5. The van der Waals surface area contributed by atoms with Crippen LogP contribution in [0.1, 0.15) is 17.2 Å². The van der Waals surface area contributed by atoms with Gasteiger partial charge in [-0.1, -0.05) is 23.7 Å². The molecule has 1 atom stereocenters. The summed E-state index contributed by atoms with van der Waals surface area (Å²) < 4.78 is 26.3. The van der Waals surface area contributed by atoms with Gasteiger partial charge in [-0.2, -0.15) is 4.31 Å². The fourth-order valence-corrected chi connectivity index (χ4v) is 3.61. The quantitative estimate of drug-likeness (QED) is 0.609. The molecule has 0 aromatic heterocycles. The lowest BCUT2D eigenvalue weighted by Gasteiger charge is -2.22. The minimum atomic E-state index is -3.80. The molecule has 7 nitrogen and oxygen atoms in total. The van der Waals surface area contributed by atoms with E-state index in [-0.39, 0.29) is 17.1 Å². The van der Waals surface area contributed by atoms with Crippen LogP contribution in [0.25, 0.3) is 0 Å². The maximum atomic E-state index is 12.6. The second kappa shape index (κ2) is 7.49. The summed E-state index contributed by atoms with van der Waals surface area (Å²) in [7, 11) is -2.38. The summed E-state index contributed by atoms with van der Waals surface area (Å²) in [4.78, 5) is 10.1. The summed E-state index contributed by atoms with van der Waals surface area (Å²) in [5, 5.41) is 11.3. The Bertz CT molecular complexity index is 885. The Kier molecular flexibility index (Phi) is 5.79. The monoisotopic (exact) mass is 383 g/mol. The first kappa shape index (κ1) is 19.3. The molecule has 0 aliphatic heterocycles. The molecule has 0 saturated heterocycles. The van der Waals surface area contributed by atoms with Crippen LogP contribution in [-0.2, 0) is 10.0 Å². The third-order valence-electron chi connectivity index (χ3n) is 3.82. The highest BCUT2D eigenvalue weighted by Crippen LogP contribution is 2.23. The molecule has 0 spiro atoms. The largest absolute Gasteiger partial charge is 0.323 e. The molecule has 2 aromatic carbocycles. The van der Waals surface area contributed by atoms with Crippen LogP contribution in [0.5, 0.6) is 0 Å². The highest BCUT2D eigenvalue weighted by molar-refractivity contribution is 7.89. The average molecular weight is 384 g/mol. The number of nitrogens with two attached hydrogens (primary N) is 1. The van der Waals surface area contributed by atoms with Gasteiger partial charge in [0.2, 0.25) is 10.0 Å². The summed E-state index contributed by atoms with van der Waals surface area (Å²) in [6, 6.07) is 9.49. The van der Waals surface area contributed by atoms with Crippen molar-refractivity contribution in [2.75, 3.05) is 13.6 Å². The van der Waals surface area contributed by atoms with E-state index in [0.717, 1.165) is 27.6 Å². The lowest BCUT2D eigenvalue weighted by molar-refractivity contribution is -0.384. The van der Waals surface area contributed by atoms with Gasteiger partial charge in [0.1, 0.15) is 0 Å². The van der Waals surface area contributed by atoms with Crippen molar-refractivity contribution < 1.29 is 13.3 Å². The van der Waals surface area contributed by atoms with Gasteiger partial charge in [0, 0.05) is 36.8 Å². The van der Waals surface area contributed by atoms with Crippen LogP contribution < -0.4 is 5.73 Å². The molecule has 0 fully saturated rings. The first-order valence-electron chi connectivity index (χ1n) is 7.35. The molecule has 0 amide bonds. The zero-order chi connectivity index (χ0) is 18.8. The van der Waals surface area contributed by atoms with Crippen molar-refractivity contribution in [3.05, 3.63) is 68.7 Å². The molecule has 0 heterocycles. The third kappa shape index (κ3) is 4.35. The average Bonchev–Trinajstić information content (AvgIpc) is 2.57. The van der Waals surface area contributed by atoms with Gasteiger partial charge in [0.25, 0.3) is 5.69 Å². The molecule has 0 aliphatic rings. The highest BCUT2D eigenvalue weighted by atomic mass is 35.5. The summed E-state index contributed by atoms with van der Waals surface area (Å²) in [5.74, 6) is 0. The van der Waals surface area contributed by atoms with E-state index in [1.165, 1.54) is 19.2 Å². The van der Waals surface area contributed by atoms with E-state index in [2.05, 4.69) is 0 Å². The maximum Gasteiger partial charge on any atom is 0.269 e. The number of sulfonamides is 1. The van der Waals surface area contributed by atoms with Crippen molar-refractivity contribution in [1.82, 2.24) is 4.31 Å². The van der Waals surface area contributed by atoms with E-state index in [0.29, 0.717) is 5.02 Å². The third-order valence-corrected chi connectivity index (χ3v) is 6.08. The molecule has 134 valence electrons. The molecular weight excluding hydrogens is 366 g/mol. The Morgan fingerprint density at radius 3 is 2.36 bits per heavy atom. The van der Waals surface area contributed by atoms with E-state index in [1.54, 1.807) is 12.1 Å². The first-order chi connectivity index (χ1) is 11.6. The molecule has 0 bridgehead atoms. The van der Waals surface area contributed by atoms with Crippen LogP contribution in [0.2, 0.25) is 5.02 Å². The Balaban J connectivity index is 2.18. The molecular formula is C16H18ClN3O4S. The fourth-order valence-electron chi connectivity index (χ4n) is 2.30. The SMILES string of the molecule is Cc1cc(C(N)CN(C)S(=O)(=O)c2ccc([N+](=O)[O-])cc2)ccc1Cl. The Morgan fingerprint density at radius 1 is 1.24 bits per heavy atom. The minimum absolute atomic E-state index is 0.0277. The number of hydrogen-bond donors (Lipinski definition) is 1. The van der Waals surface area contributed by atoms with Crippen LogP contribution in [0.15, 0.2) is 47.4 Å². The maximum absolute atomic E-state index is 12.6. The summed E-state index contributed by atoms with van der Waals surface area (Å²) in [6.45, 7) is 1.90. The van der Waals surface area contributed by atoms with E-state index < -0.39 is 21.0 Å². The van der Waals surface area contributed by atoms with Crippen molar-refractivity contribution in [3.63, 3.8) is 0 Å². The van der Waals surface area contributed by atoms with Crippen molar-refractivity contribution in [2.45, 2.75) is 17.9 Å². The standard InChI is InChI=1S/C16H18ClN3O4S/c1-11-9-12(3-8-15(11)17)16(18)10-19(2)25(23,24)14-6-4-13(5-7-14)20(21)22/h3-9,16H,10,18H2,1-2H3. The predicted molar refractivity (Wildman–Crippen MR) is 96.0 cm³/mol.